The van der Waals surface area contributed by atoms with Crippen molar-refractivity contribution in [3.63, 3.8) is 0 Å². The number of allylic oxidation sites excluding steroid dienone is 7. The smallest absolute Gasteiger partial charge is 0.181 e. The van der Waals surface area contributed by atoms with Gasteiger partial charge in [-0.25, -0.2) is 4.98 Å². The molecule has 0 spiro atoms. The van der Waals surface area contributed by atoms with Gasteiger partial charge in [0, 0.05) is 34.2 Å². The van der Waals surface area contributed by atoms with Crippen molar-refractivity contribution in [2.75, 3.05) is 13.1 Å². The molecule has 4 N–H and O–H groups in total. The first-order chi connectivity index (χ1) is 17.5. The van der Waals surface area contributed by atoms with E-state index in [0.717, 1.165) is 70.1 Å². The van der Waals surface area contributed by atoms with Crippen LogP contribution in [0.4, 0.5) is 0 Å². The number of hydrogen-bond acceptors (Lipinski definition) is 4. The Morgan fingerprint density at radius 3 is 2.75 bits per heavy atom. The van der Waals surface area contributed by atoms with Gasteiger partial charge in [-0.05, 0) is 87.5 Å². The van der Waals surface area contributed by atoms with Gasteiger partial charge in [0.2, 0.25) is 0 Å². The highest BCUT2D eigenvalue weighted by molar-refractivity contribution is 5.93. The highest BCUT2D eigenvalue weighted by atomic mass is 15.2. The molecule has 0 amide bonds. The summed E-state index contributed by atoms with van der Waals surface area (Å²) in [5.41, 5.74) is 8.76. The van der Waals surface area contributed by atoms with Crippen molar-refractivity contribution in [2.24, 2.45) is 5.92 Å². The summed E-state index contributed by atoms with van der Waals surface area (Å²) in [5, 5.41) is 15.4. The van der Waals surface area contributed by atoms with Crippen LogP contribution in [-0.2, 0) is 0 Å². The third-order valence-corrected chi connectivity index (χ3v) is 6.64. The topological polar surface area (TPSA) is 81.4 Å². The molecule has 1 saturated heterocycles. The summed E-state index contributed by atoms with van der Waals surface area (Å²) in [6.45, 7) is 18.3. The van der Waals surface area contributed by atoms with E-state index in [1.807, 2.05) is 31.3 Å². The van der Waals surface area contributed by atoms with Crippen LogP contribution >= 0.6 is 0 Å². The molecule has 4 heterocycles. The Kier molecular flexibility index (Phi) is 8.18. The third-order valence-electron chi connectivity index (χ3n) is 6.64. The minimum Gasteiger partial charge on any atom is -0.359 e. The number of H-pyrrole nitrogens is 2. The largest absolute Gasteiger partial charge is 0.359 e. The van der Waals surface area contributed by atoms with Gasteiger partial charge in [0.05, 0.1) is 11.4 Å². The fraction of sp³-hybridized carbons (Fsp3) is 0.267. The molecule has 0 atom stereocenters. The van der Waals surface area contributed by atoms with Crippen LogP contribution in [0.1, 0.15) is 43.0 Å². The average Bonchev–Trinajstić information content (AvgIpc) is 3.48. The predicted octanol–water partition coefficient (Wildman–Crippen LogP) is 6.43. The number of pyridine rings is 1. The Bertz CT molecular complexity index is 1340. The number of aromatic nitrogens is 4. The SMILES string of the molecule is C=C/C=C\c1cc(-c2[nH]nc3ncc(C(/C=C(\C=C)NC(=C)CC4CCNCC4)=C/C)cc23)[nH]c1C. The molecule has 4 rings (SSSR count). The highest BCUT2D eigenvalue weighted by Gasteiger charge is 2.15. The zero-order chi connectivity index (χ0) is 25.5. The number of hydrogen-bond donors (Lipinski definition) is 4. The summed E-state index contributed by atoms with van der Waals surface area (Å²) in [4.78, 5) is 8.08. The Balaban J connectivity index is 1.58. The molecule has 0 unspecified atom stereocenters. The molecule has 1 aliphatic rings. The monoisotopic (exact) mass is 480 g/mol. The summed E-state index contributed by atoms with van der Waals surface area (Å²) < 4.78 is 0. The number of aromatic amines is 2. The van der Waals surface area contributed by atoms with E-state index in [0.29, 0.717) is 11.6 Å². The van der Waals surface area contributed by atoms with Crippen LogP contribution in [0.25, 0.3) is 34.1 Å². The van der Waals surface area contributed by atoms with E-state index in [1.54, 1.807) is 6.08 Å². The summed E-state index contributed by atoms with van der Waals surface area (Å²) in [7, 11) is 0. The van der Waals surface area contributed by atoms with Crippen molar-refractivity contribution in [2.45, 2.75) is 33.1 Å². The normalized spacial score (nSPS) is 15.5. The van der Waals surface area contributed by atoms with Crippen LogP contribution in [0.5, 0.6) is 0 Å². The van der Waals surface area contributed by atoms with Gasteiger partial charge in [0.15, 0.2) is 5.65 Å². The Morgan fingerprint density at radius 2 is 2.03 bits per heavy atom. The van der Waals surface area contributed by atoms with Crippen LogP contribution in [0, 0.1) is 12.8 Å². The molecule has 186 valence electrons. The van der Waals surface area contributed by atoms with Gasteiger partial charge in [-0.2, -0.15) is 5.10 Å². The van der Waals surface area contributed by atoms with Crippen LogP contribution < -0.4 is 10.6 Å². The molecule has 36 heavy (non-hydrogen) atoms. The number of nitrogens with one attached hydrogen (secondary N) is 4. The number of aryl methyl sites for hydroxylation is 1. The van der Waals surface area contributed by atoms with E-state index in [4.69, 9.17) is 0 Å². The second-order valence-electron chi connectivity index (χ2n) is 9.23. The van der Waals surface area contributed by atoms with Crippen LogP contribution in [0.2, 0.25) is 0 Å². The minimum atomic E-state index is 0.675. The van der Waals surface area contributed by atoms with Crippen LogP contribution in [0.15, 0.2) is 79.8 Å². The van der Waals surface area contributed by atoms with E-state index in [9.17, 15) is 0 Å². The summed E-state index contributed by atoms with van der Waals surface area (Å²) in [6.07, 6.45) is 17.0. The second kappa shape index (κ2) is 11.7. The maximum atomic E-state index is 4.62. The third kappa shape index (κ3) is 5.83. The first kappa shape index (κ1) is 25.2. The lowest BCUT2D eigenvalue weighted by molar-refractivity contribution is 0.368. The van der Waals surface area contributed by atoms with Crippen LogP contribution in [-0.4, -0.2) is 33.3 Å². The van der Waals surface area contributed by atoms with Crippen molar-refractivity contribution in [3.05, 3.63) is 96.7 Å². The molecule has 0 bridgehead atoms. The standard InChI is InChI=1S/C30H36N6/c1-6-9-10-24-18-28(34-21(24)5)29-27-17-25(19-32-30(27)36-35-29)23(7-2)16-26(8-3)33-20(4)15-22-11-13-31-14-12-22/h6-10,16-19,22,31,33-34H,1,3-4,11-15H2,2,5H3,(H,32,35,36)/b10-9-,23-7+,26-16+. The van der Waals surface area contributed by atoms with Gasteiger partial charge >= 0.3 is 0 Å². The van der Waals surface area contributed by atoms with Crippen molar-refractivity contribution < 1.29 is 0 Å². The van der Waals surface area contributed by atoms with E-state index >= 15 is 0 Å². The van der Waals surface area contributed by atoms with Crippen molar-refractivity contribution in [1.82, 2.24) is 30.8 Å². The van der Waals surface area contributed by atoms with Gasteiger partial charge in [-0.3, -0.25) is 5.10 Å². The van der Waals surface area contributed by atoms with Gasteiger partial charge in [0.1, 0.15) is 0 Å². The Hall–Kier alpha value is -3.90. The van der Waals surface area contributed by atoms with E-state index < -0.39 is 0 Å². The molecule has 1 fully saturated rings. The fourth-order valence-electron chi connectivity index (χ4n) is 4.65. The predicted molar refractivity (Wildman–Crippen MR) is 152 cm³/mol. The number of nitrogens with zero attached hydrogens (tertiary/aromatic N) is 2. The van der Waals surface area contributed by atoms with Gasteiger partial charge < -0.3 is 15.6 Å². The molecule has 0 aromatic carbocycles. The molecule has 6 heteroatoms. The van der Waals surface area contributed by atoms with E-state index in [-0.39, 0.29) is 0 Å². The molecule has 6 nitrogen and oxygen atoms in total. The average molecular weight is 481 g/mol. The van der Waals surface area contributed by atoms with Crippen molar-refractivity contribution >= 4 is 22.7 Å². The number of piperidine rings is 1. The lowest BCUT2D eigenvalue weighted by Crippen LogP contribution is -2.28. The minimum absolute atomic E-state index is 0.675. The summed E-state index contributed by atoms with van der Waals surface area (Å²) >= 11 is 0. The van der Waals surface area contributed by atoms with Gasteiger partial charge in [-0.1, -0.05) is 44.0 Å². The van der Waals surface area contributed by atoms with E-state index in [2.05, 4.69) is 81.7 Å². The molecule has 0 radical (unpaired) electrons. The molecule has 0 saturated carbocycles. The summed E-state index contributed by atoms with van der Waals surface area (Å²) in [5.74, 6) is 0.675. The quantitative estimate of drug-likeness (QED) is 0.252. The maximum absolute atomic E-state index is 4.62. The second-order valence-corrected chi connectivity index (χ2v) is 9.23. The zero-order valence-electron chi connectivity index (χ0n) is 21.3. The number of rotatable bonds is 10. The maximum Gasteiger partial charge on any atom is 0.181 e. The number of fused-ring (bicyclic) bond motifs is 1. The van der Waals surface area contributed by atoms with Crippen molar-refractivity contribution in [3.8, 4) is 11.4 Å². The van der Waals surface area contributed by atoms with E-state index in [1.165, 1.54) is 12.8 Å². The Morgan fingerprint density at radius 1 is 1.22 bits per heavy atom. The first-order valence-corrected chi connectivity index (χ1v) is 12.5. The molecule has 0 aliphatic carbocycles. The van der Waals surface area contributed by atoms with Crippen LogP contribution in [0.3, 0.4) is 0 Å². The van der Waals surface area contributed by atoms with Gasteiger partial charge in [-0.15, -0.1) is 0 Å². The zero-order valence-corrected chi connectivity index (χ0v) is 21.3. The first-order valence-electron chi connectivity index (χ1n) is 12.5. The fourth-order valence-corrected chi connectivity index (χ4v) is 4.65. The van der Waals surface area contributed by atoms with Crippen molar-refractivity contribution in [1.29, 1.82) is 0 Å². The molecular weight excluding hydrogens is 444 g/mol. The highest BCUT2D eigenvalue weighted by Crippen LogP contribution is 2.30. The lowest BCUT2D eigenvalue weighted by Gasteiger charge is -2.24. The summed E-state index contributed by atoms with van der Waals surface area (Å²) in [6, 6.07) is 4.24. The molecule has 3 aromatic rings. The van der Waals surface area contributed by atoms with Gasteiger partial charge in [0.25, 0.3) is 0 Å². The Labute approximate surface area is 213 Å². The lowest BCUT2D eigenvalue weighted by atomic mass is 9.93. The molecule has 3 aromatic heterocycles. The molecular formula is C30H36N6. The molecule has 1 aliphatic heterocycles.